The van der Waals surface area contributed by atoms with Gasteiger partial charge < -0.3 is 10.1 Å². The van der Waals surface area contributed by atoms with Gasteiger partial charge in [-0.1, -0.05) is 30.1 Å². The first-order valence-corrected chi connectivity index (χ1v) is 8.24. The van der Waals surface area contributed by atoms with Crippen LogP contribution in [0.1, 0.15) is 27.7 Å². The van der Waals surface area contributed by atoms with Crippen LogP contribution < -0.4 is 10.1 Å². The van der Waals surface area contributed by atoms with E-state index in [1.165, 1.54) is 0 Å². The van der Waals surface area contributed by atoms with Crippen molar-refractivity contribution in [2.24, 2.45) is 0 Å². The summed E-state index contributed by atoms with van der Waals surface area (Å²) in [6.45, 7) is 10.5. The summed E-state index contributed by atoms with van der Waals surface area (Å²) in [4.78, 5) is 14.3. The summed E-state index contributed by atoms with van der Waals surface area (Å²) in [6, 6.07) is 5.40. The Kier molecular flexibility index (Phi) is 8.01. The highest BCUT2D eigenvalue weighted by molar-refractivity contribution is 6.42. The molecule has 0 fully saturated rings. The van der Waals surface area contributed by atoms with Crippen LogP contribution in [0.2, 0.25) is 10.0 Å². The highest BCUT2D eigenvalue weighted by Gasteiger charge is 2.15. The van der Waals surface area contributed by atoms with Crippen LogP contribution in [0.3, 0.4) is 0 Å². The smallest absolute Gasteiger partial charge is 0.260 e. The number of amides is 1. The number of rotatable bonds is 8. The molecular weight excluding hydrogens is 323 g/mol. The molecule has 124 valence electrons. The van der Waals surface area contributed by atoms with E-state index in [-0.39, 0.29) is 5.91 Å². The molecule has 1 rings (SSSR count). The molecule has 0 spiro atoms. The molecule has 22 heavy (non-hydrogen) atoms. The molecule has 1 amide bonds. The molecule has 1 aromatic carbocycles. The minimum atomic E-state index is -0.591. The molecule has 0 aliphatic carbocycles. The predicted molar refractivity (Wildman–Crippen MR) is 91.9 cm³/mol. The highest BCUT2D eigenvalue weighted by atomic mass is 35.5. The van der Waals surface area contributed by atoms with Gasteiger partial charge in [0, 0.05) is 25.2 Å². The highest BCUT2D eigenvalue weighted by Crippen LogP contribution is 2.26. The van der Waals surface area contributed by atoms with Crippen LogP contribution in [0.4, 0.5) is 0 Å². The van der Waals surface area contributed by atoms with Crippen LogP contribution >= 0.6 is 23.2 Å². The molecule has 1 unspecified atom stereocenters. The van der Waals surface area contributed by atoms with Crippen molar-refractivity contribution in [1.82, 2.24) is 10.2 Å². The Balaban J connectivity index is 2.43. The van der Waals surface area contributed by atoms with Gasteiger partial charge in [-0.15, -0.1) is 0 Å². The van der Waals surface area contributed by atoms with Crippen LogP contribution in [-0.2, 0) is 4.79 Å². The molecular formula is C16H24Cl2N2O2. The molecule has 4 nitrogen and oxygen atoms in total. The lowest BCUT2D eigenvalue weighted by molar-refractivity contribution is -0.127. The zero-order valence-electron chi connectivity index (χ0n) is 13.5. The van der Waals surface area contributed by atoms with Gasteiger partial charge in [0.1, 0.15) is 5.75 Å². The van der Waals surface area contributed by atoms with Gasteiger partial charge in [0.25, 0.3) is 5.91 Å². The molecule has 1 aromatic rings. The second-order valence-corrected chi connectivity index (χ2v) is 6.16. The minimum Gasteiger partial charge on any atom is -0.481 e. The lowest BCUT2D eigenvalue weighted by atomic mass is 10.3. The monoisotopic (exact) mass is 346 g/mol. The Labute approximate surface area is 142 Å². The van der Waals surface area contributed by atoms with Gasteiger partial charge in [-0.2, -0.15) is 0 Å². The van der Waals surface area contributed by atoms with E-state index in [1.807, 2.05) is 0 Å². The number of benzene rings is 1. The number of hydrogen-bond donors (Lipinski definition) is 1. The molecule has 0 heterocycles. The quantitative estimate of drug-likeness (QED) is 0.781. The van der Waals surface area contributed by atoms with E-state index in [0.717, 1.165) is 13.1 Å². The van der Waals surface area contributed by atoms with Gasteiger partial charge in [0.15, 0.2) is 6.10 Å². The molecule has 0 bridgehead atoms. The van der Waals surface area contributed by atoms with Crippen molar-refractivity contribution in [3.05, 3.63) is 28.2 Å². The standard InChI is InChI=1S/C16H24Cl2N2O2/c1-5-20(11(2)3)9-8-19-16(21)12(4)22-13-6-7-14(17)15(18)10-13/h6-7,10-12H,5,8-9H2,1-4H3,(H,19,21). The number of halogens is 2. The van der Waals surface area contributed by atoms with Crippen LogP contribution in [0, 0.1) is 0 Å². The summed E-state index contributed by atoms with van der Waals surface area (Å²) in [6.07, 6.45) is -0.591. The Bertz CT molecular complexity index is 495. The van der Waals surface area contributed by atoms with Crippen LogP contribution in [0.25, 0.3) is 0 Å². The third kappa shape index (κ3) is 6.03. The number of nitrogens with zero attached hydrogens (tertiary/aromatic N) is 1. The lowest BCUT2D eigenvalue weighted by Crippen LogP contribution is -2.42. The Hall–Kier alpha value is -0.970. The molecule has 0 saturated heterocycles. The molecule has 0 aliphatic heterocycles. The average molecular weight is 347 g/mol. The lowest BCUT2D eigenvalue weighted by Gasteiger charge is -2.25. The molecule has 0 aromatic heterocycles. The first-order valence-electron chi connectivity index (χ1n) is 7.48. The van der Waals surface area contributed by atoms with E-state index in [1.54, 1.807) is 25.1 Å². The fourth-order valence-corrected chi connectivity index (χ4v) is 2.34. The summed E-state index contributed by atoms with van der Waals surface area (Å²) in [7, 11) is 0. The van der Waals surface area contributed by atoms with Gasteiger partial charge >= 0.3 is 0 Å². The minimum absolute atomic E-state index is 0.147. The van der Waals surface area contributed by atoms with Crippen molar-refractivity contribution in [2.45, 2.75) is 39.8 Å². The third-order valence-electron chi connectivity index (χ3n) is 3.41. The van der Waals surface area contributed by atoms with Crippen LogP contribution in [-0.4, -0.2) is 42.6 Å². The number of carbonyl (C=O) groups is 1. The first kappa shape index (κ1) is 19.1. The van der Waals surface area contributed by atoms with E-state index in [0.29, 0.717) is 28.4 Å². The Morgan fingerprint density at radius 1 is 1.27 bits per heavy atom. The van der Waals surface area contributed by atoms with Crippen molar-refractivity contribution in [1.29, 1.82) is 0 Å². The molecule has 1 atom stereocenters. The van der Waals surface area contributed by atoms with Crippen molar-refractivity contribution >= 4 is 29.1 Å². The van der Waals surface area contributed by atoms with E-state index >= 15 is 0 Å². The number of carbonyl (C=O) groups excluding carboxylic acids is 1. The van der Waals surface area contributed by atoms with E-state index in [2.05, 4.69) is 31.0 Å². The fraction of sp³-hybridized carbons (Fsp3) is 0.562. The summed E-state index contributed by atoms with van der Waals surface area (Å²) in [5.41, 5.74) is 0. The van der Waals surface area contributed by atoms with Gasteiger partial charge in [-0.3, -0.25) is 9.69 Å². The molecule has 0 radical (unpaired) electrons. The number of ether oxygens (including phenoxy) is 1. The van der Waals surface area contributed by atoms with Gasteiger partial charge in [0.05, 0.1) is 10.0 Å². The number of hydrogen-bond acceptors (Lipinski definition) is 3. The Morgan fingerprint density at radius 2 is 1.95 bits per heavy atom. The van der Waals surface area contributed by atoms with E-state index < -0.39 is 6.10 Å². The van der Waals surface area contributed by atoms with Crippen molar-refractivity contribution in [3.63, 3.8) is 0 Å². The molecule has 6 heteroatoms. The van der Waals surface area contributed by atoms with Crippen molar-refractivity contribution in [3.8, 4) is 5.75 Å². The number of nitrogens with one attached hydrogen (secondary N) is 1. The zero-order valence-corrected chi connectivity index (χ0v) is 15.0. The van der Waals surface area contributed by atoms with Crippen molar-refractivity contribution in [2.75, 3.05) is 19.6 Å². The van der Waals surface area contributed by atoms with Gasteiger partial charge in [-0.25, -0.2) is 0 Å². The fourth-order valence-electron chi connectivity index (χ4n) is 2.06. The second-order valence-electron chi connectivity index (χ2n) is 5.35. The Morgan fingerprint density at radius 3 is 2.50 bits per heavy atom. The largest absolute Gasteiger partial charge is 0.481 e. The van der Waals surface area contributed by atoms with E-state index in [9.17, 15) is 4.79 Å². The molecule has 0 aliphatic rings. The summed E-state index contributed by atoms with van der Waals surface area (Å²) in [5, 5.41) is 3.75. The van der Waals surface area contributed by atoms with Gasteiger partial charge in [0.2, 0.25) is 0 Å². The summed E-state index contributed by atoms with van der Waals surface area (Å²) in [5.74, 6) is 0.375. The normalized spacial score (nSPS) is 12.5. The second kappa shape index (κ2) is 9.23. The number of likely N-dealkylation sites (N-methyl/N-ethyl adjacent to an activating group) is 1. The summed E-state index contributed by atoms with van der Waals surface area (Å²) >= 11 is 11.8. The van der Waals surface area contributed by atoms with Crippen molar-refractivity contribution < 1.29 is 9.53 Å². The maximum atomic E-state index is 12.0. The molecule has 0 saturated carbocycles. The maximum absolute atomic E-state index is 12.0. The SMILES string of the molecule is CCN(CCNC(=O)C(C)Oc1ccc(Cl)c(Cl)c1)C(C)C. The third-order valence-corrected chi connectivity index (χ3v) is 4.15. The average Bonchev–Trinajstić information content (AvgIpc) is 2.46. The topological polar surface area (TPSA) is 41.6 Å². The maximum Gasteiger partial charge on any atom is 0.260 e. The van der Waals surface area contributed by atoms with Gasteiger partial charge in [-0.05, 0) is 39.4 Å². The van der Waals surface area contributed by atoms with E-state index in [4.69, 9.17) is 27.9 Å². The summed E-state index contributed by atoms with van der Waals surface area (Å²) < 4.78 is 5.57. The molecule has 1 N–H and O–H groups in total. The first-order chi connectivity index (χ1) is 10.3. The van der Waals surface area contributed by atoms with Crippen LogP contribution in [0.5, 0.6) is 5.75 Å². The zero-order chi connectivity index (χ0) is 16.7. The van der Waals surface area contributed by atoms with Crippen LogP contribution in [0.15, 0.2) is 18.2 Å². The predicted octanol–water partition coefficient (Wildman–Crippen LogP) is 3.61.